The molecule has 0 amide bonds. The smallest absolute Gasteiger partial charge is 0.0234 e. The average molecular weight is 216 g/mol. The summed E-state index contributed by atoms with van der Waals surface area (Å²) in [5.41, 5.74) is 8.98. The number of nitrogens with zero attached hydrogens (tertiary/aromatic N) is 1. The number of likely N-dealkylation sites (tertiary alicyclic amines) is 1. The van der Waals surface area contributed by atoms with E-state index in [1.54, 1.807) is 0 Å². The lowest BCUT2D eigenvalue weighted by atomic mass is 9.63. The molecule has 1 saturated carbocycles. The van der Waals surface area contributed by atoms with Gasteiger partial charge in [-0.05, 0) is 29.4 Å². The lowest BCUT2D eigenvalue weighted by Crippen LogP contribution is -2.58. The molecule has 1 spiro atoms. The average Bonchev–Trinajstić information content (AvgIpc) is 2.21. The van der Waals surface area contributed by atoms with E-state index in [2.05, 4.69) is 29.2 Å². The molecule has 0 bridgehead atoms. The van der Waals surface area contributed by atoms with Gasteiger partial charge in [0.25, 0.3) is 0 Å². The second-order valence-electron chi connectivity index (χ2n) is 5.52. The molecule has 0 atom stereocenters. The highest BCUT2D eigenvalue weighted by molar-refractivity contribution is 5.22. The standard InChI is InChI=1S/C14H20N2/c15-8-12-2-4-13(5-3-12)9-16-10-14(11-16)6-1-7-14/h2-5H,1,6-11,15H2. The lowest BCUT2D eigenvalue weighted by Gasteiger charge is -2.56. The van der Waals surface area contributed by atoms with E-state index < -0.39 is 0 Å². The number of hydrogen-bond acceptors (Lipinski definition) is 2. The lowest BCUT2D eigenvalue weighted by molar-refractivity contribution is -0.0645. The third-order valence-electron chi connectivity index (χ3n) is 4.20. The summed E-state index contributed by atoms with van der Waals surface area (Å²) in [5, 5.41) is 0. The maximum Gasteiger partial charge on any atom is 0.0234 e. The second kappa shape index (κ2) is 3.86. The van der Waals surface area contributed by atoms with Crippen molar-refractivity contribution in [1.29, 1.82) is 0 Å². The largest absolute Gasteiger partial charge is 0.326 e. The Morgan fingerprint density at radius 3 is 2.19 bits per heavy atom. The maximum atomic E-state index is 5.59. The summed E-state index contributed by atoms with van der Waals surface area (Å²) in [7, 11) is 0. The first-order valence-corrected chi connectivity index (χ1v) is 6.30. The Morgan fingerprint density at radius 2 is 1.69 bits per heavy atom. The summed E-state index contributed by atoms with van der Waals surface area (Å²) in [5.74, 6) is 0. The molecule has 1 aliphatic heterocycles. The third kappa shape index (κ3) is 1.76. The fraction of sp³-hybridized carbons (Fsp3) is 0.571. The van der Waals surface area contributed by atoms with Gasteiger partial charge < -0.3 is 5.73 Å². The number of hydrogen-bond donors (Lipinski definition) is 1. The first-order chi connectivity index (χ1) is 7.80. The first kappa shape index (κ1) is 10.3. The minimum absolute atomic E-state index is 0.646. The van der Waals surface area contributed by atoms with E-state index in [1.807, 2.05) is 0 Å². The molecule has 1 aliphatic carbocycles. The van der Waals surface area contributed by atoms with Gasteiger partial charge in [-0.3, -0.25) is 4.90 Å². The van der Waals surface area contributed by atoms with Crippen molar-refractivity contribution < 1.29 is 0 Å². The fourth-order valence-corrected chi connectivity index (χ4v) is 3.05. The molecule has 2 N–H and O–H groups in total. The normalized spacial score (nSPS) is 22.8. The van der Waals surface area contributed by atoms with Gasteiger partial charge in [0, 0.05) is 26.2 Å². The predicted molar refractivity (Wildman–Crippen MR) is 65.9 cm³/mol. The van der Waals surface area contributed by atoms with E-state index in [0.29, 0.717) is 6.54 Å². The fourth-order valence-electron chi connectivity index (χ4n) is 3.05. The highest BCUT2D eigenvalue weighted by atomic mass is 15.2. The maximum absolute atomic E-state index is 5.59. The molecule has 2 fully saturated rings. The molecule has 0 unspecified atom stereocenters. The summed E-state index contributed by atoms with van der Waals surface area (Å²) >= 11 is 0. The molecule has 3 rings (SSSR count). The van der Waals surface area contributed by atoms with Gasteiger partial charge in [-0.2, -0.15) is 0 Å². The topological polar surface area (TPSA) is 29.3 Å². The third-order valence-corrected chi connectivity index (χ3v) is 4.20. The van der Waals surface area contributed by atoms with Crippen LogP contribution in [0.1, 0.15) is 30.4 Å². The minimum atomic E-state index is 0.646. The number of rotatable bonds is 3. The molecular formula is C14H20N2. The zero-order valence-electron chi connectivity index (χ0n) is 9.78. The van der Waals surface area contributed by atoms with Crippen LogP contribution in [0.4, 0.5) is 0 Å². The quantitative estimate of drug-likeness (QED) is 0.838. The minimum Gasteiger partial charge on any atom is -0.326 e. The summed E-state index contributed by atoms with van der Waals surface area (Å²) in [4.78, 5) is 2.57. The molecule has 1 heterocycles. The van der Waals surface area contributed by atoms with Crippen LogP contribution in [-0.4, -0.2) is 18.0 Å². The summed E-state index contributed by atoms with van der Waals surface area (Å²) < 4.78 is 0. The van der Waals surface area contributed by atoms with Gasteiger partial charge in [-0.15, -0.1) is 0 Å². The molecule has 2 heteroatoms. The zero-order chi connectivity index (χ0) is 11.0. The predicted octanol–water partition coefficient (Wildman–Crippen LogP) is 2.13. The Bertz CT molecular complexity index is 357. The van der Waals surface area contributed by atoms with Crippen LogP contribution in [-0.2, 0) is 13.1 Å². The molecule has 1 saturated heterocycles. The van der Waals surface area contributed by atoms with Crippen molar-refractivity contribution in [3.05, 3.63) is 35.4 Å². The van der Waals surface area contributed by atoms with Crippen LogP contribution in [0.2, 0.25) is 0 Å². The van der Waals surface area contributed by atoms with Crippen molar-refractivity contribution in [3.8, 4) is 0 Å². The van der Waals surface area contributed by atoms with Crippen LogP contribution in [0.3, 0.4) is 0 Å². The van der Waals surface area contributed by atoms with E-state index in [-0.39, 0.29) is 0 Å². The van der Waals surface area contributed by atoms with Crippen LogP contribution in [0, 0.1) is 5.41 Å². The van der Waals surface area contributed by atoms with Gasteiger partial charge in [-0.25, -0.2) is 0 Å². The first-order valence-electron chi connectivity index (χ1n) is 6.30. The zero-order valence-corrected chi connectivity index (χ0v) is 9.78. The van der Waals surface area contributed by atoms with E-state index in [4.69, 9.17) is 5.73 Å². The van der Waals surface area contributed by atoms with Crippen LogP contribution in [0.5, 0.6) is 0 Å². The molecular weight excluding hydrogens is 196 g/mol. The summed E-state index contributed by atoms with van der Waals surface area (Å²) in [6.07, 6.45) is 4.39. The van der Waals surface area contributed by atoms with E-state index in [1.165, 1.54) is 43.5 Å². The van der Waals surface area contributed by atoms with Crippen LogP contribution >= 0.6 is 0 Å². The Balaban J connectivity index is 1.54. The van der Waals surface area contributed by atoms with Gasteiger partial charge in [0.15, 0.2) is 0 Å². The van der Waals surface area contributed by atoms with E-state index in [9.17, 15) is 0 Å². The SMILES string of the molecule is NCc1ccc(CN2CC3(CCC3)C2)cc1. The second-order valence-corrected chi connectivity index (χ2v) is 5.52. The van der Waals surface area contributed by atoms with Gasteiger partial charge in [-0.1, -0.05) is 30.7 Å². The molecule has 1 aromatic rings. The Kier molecular flexibility index (Phi) is 2.49. The Labute approximate surface area is 97.4 Å². The molecule has 0 radical (unpaired) electrons. The summed E-state index contributed by atoms with van der Waals surface area (Å²) in [6, 6.07) is 8.73. The monoisotopic (exact) mass is 216 g/mol. The van der Waals surface area contributed by atoms with Gasteiger partial charge in [0.1, 0.15) is 0 Å². The van der Waals surface area contributed by atoms with E-state index >= 15 is 0 Å². The molecule has 16 heavy (non-hydrogen) atoms. The highest BCUT2D eigenvalue weighted by Crippen LogP contribution is 2.48. The Morgan fingerprint density at radius 1 is 1.06 bits per heavy atom. The van der Waals surface area contributed by atoms with Crippen molar-refractivity contribution in [3.63, 3.8) is 0 Å². The molecule has 86 valence electrons. The van der Waals surface area contributed by atoms with Crippen LogP contribution in [0.15, 0.2) is 24.3 Å². The summed E-state index contributed by atoms with van der Waals surface area (Å²) in [6.45, 7) is 4.41. The van der Waals surface area contributed by atoms with Crippen molar-refractivity contribution >= 4 is 0 Å². The number of benzene rings is 1. The molecule has 1 aromatic carbocycles. The van der Waals surface area contributed by atoms with Crippen molar-refractivity contribution in [1.82, 2.24) is 4.90 Å². The van der Waals surface area contributed by atoms with Gasteiger partial charge in [0.2, 0.25) is 0 Å². The van der Waals surface area contributed by atoms with Crippen molar-refractivity contribution in [2.45, 2.75) is 32.4 Å². The van der Waals surface area contributed by atoms with Crippen LogP contribution < -0.4 is 5.73 Å². The Hall–Kier alpha value is -0.860. The molecule has 2 aliphatic rings. The van der Waals surface area contributed by atoms with Crippen molar-refractivity contribution in [2.75, 3.05) is 13.1 Å². The molecule has 2 nitrogen and oxygen atoms in total. The molecule has 0 aromatic heterocycles. The van der Waals surface area contributed by atoms with E-state index in [0.717, 1.165) is 12.0 Å². The van der Waals surface area contributed by atoms with Crippen LogP contribution in [0.25, 0.3) is 0 Å². The van der Waals surface area contributed by atoms with Gasteiger partial charge in [0.05, 0.1) is 0 Å². The van der Waals surface area contributed by atoms with Gasteiger partial charge >= 0.3 is 0 Å². The van der Waals surface area contributed by atoms with Crippen molar-refractivity contribution in [2.24, 2.45) is 11.1 Å². The number of nitrogens with two attached hydrogens (primary N) is 1. The highest BCUT2D eigenvalue weighted by Gasteiger charge is 2.46.